The summed E-state index contributed by atoms with van der Waals surface area (Å²) >= 11 is 0. The van der Waals surface area contributed by atoms with E-state index in [1.165, 1.54) is 5.30 Å². The Bertz CT molecular complexity index is 152. The second kappa shape index (κ2) is 2.73. The summed E-state index contributed by atoms with van der Waals surface area (Å²) in [5.74, 6) is 0. The highest BCUT2D eigenvalue weighted by Crippen LogP contribution is 1.97. The maximum atomic E-state index is 3.85. The molecule has 8 heavy (non-hydrogen) atoms. The quantitative estimate of drug-likeness (QED) is 0.509. The summed E-state index contributed by atoms with van der Waals surface area (Å²) in [6.45, 7) is 2.11. The molecule has 0 amide bonds. The fourth-order valence-electron chi connectivity index (χ4n) is 0.428. The van der Waals surface area contributed by atoms with Gasteiger partial charge in [0.2, 0.25) is 0 Å². The van der Waals surface area contributed by atoms with Crippen molar-refractivity contribution >= 4 is 13.9 Å². The predicted octanol–water partition coefficient (Wildman–Crippen LogP) is 0.410. The molecule has 0 aliphatic heterocycles. The Morgan fingerprint density at radius 2 is 2.00 bits per heavy atom. The van der Waals surface area contributed by atoms with Gasteiger partial charge in [-0.25, -0.2) is 9.97 Å². The van der Waals surface area contributed by atoms with Gasteiger partial charge in [-0.05, 0) is 6.66 Å². The molecule has 0 N–H and O–H groups in total. The third-order valence-electron chi connectivity index (χ3n) is 0.849. The lowest BCUT2D eigenvalue weighted by molar-refractivity contribution is 1.19. The zero-order chi connectivity index (χ0) is 5.82. The van der Waals surface area contributed by atoms with E-state index in [2.05, 4.69) is 16.6 Å². The van der Waals surface area contributed by atoms with Gasteiger partial charge in [0.1, 0.15) is 6.33 Å². The molecule has 0 saturated carbocycles. The largest absolute Gasteiger partial charge is 0.244 e. The van der Waals surface area contributed by atoms with Gasteiger partial charge in [0, 0.05) is 17.7 Å². The van der Waals surface area contributed by atoms with Crippen LogP contribution in [0.25, 0.3) is 0 Å². The minimum absolute atomic E-state index is 0.805. The Morgan fingerprint density at radius 1 is 1.38 bits per heavy atom. The standard InChI is InChI=1S/C5H7N2P/c1-8-5-2-6-4-7-3-5/h2-4,8H,1H3. The summed E-state index contributed by atoms with van der Waals surface area (Å²) in [6.07, 6.45) is 5.22. The zero-order valence-corrected chi connectivity index (χ0v) is 5.63. The van der Waals surface area contributed by atoms with Crippen molar-refractivity contribution < 1.29 is 0 Å². The molecule has 2 nitrogen and oxygen atoms in total. The molecule has 0 saturated heterocycles. The normalized spacial score (nSPS) is 10.6. The fraction of sp³-hybridized carbons (Fsp3) is 0.200. The average Bonchev–Trinajstić information content (AvgIpc) is 1.90. The summed E-state index contributed by atoms with van der Waals surface area (Å²) in [5, 5.41) is 1.22. The van der Waals surface area contributed by atoms with E-state index in [0.29, 0.717) is 0 Å². The first kappa shape index (κ1) is 5.64. The van der Waals surface area contributed by atoms with Crippen molar-refractivity contribution in [3.05, 3.63) is 18.7 Å². The van der Waals surface area contributed by atoms with Crippen LogP contribution in [0.15, 0.2) is 18.7 Å². The van der Waals surface area contributed by atoms with Crippen LogP contribution in [-0.2, 0) is 0 Å². The van der Waals surface area contributed by atoms with E-state index in [1.54, 1.807) is 6.33 Å². The highest BCUT2D eigenvalue weighted by Gasteiger charge is 1.82. The number of nitrogens with zero attached hydrogens (tertiary/aromatic N) is 2. The van der Waals surface area contributed by atoms with Gasteiger partial charge >= 0.3 is 0 Å². The molecule has 0 fully saturated rings. The van der Waals surface area contributed by atoms with Crippen molar-refractivity contribution in [2.24, 2.45) is 0 Å². The Kier molecular flexibility index (Phi) is 1.93. The van der Waals surface area contributed by atoms with E-state index >= 15 is 0 Å². The van der Waals surface area contributed by atoms with Crippen LogP contribution < -0.4 is 5.30 Å². The first-order valence-corrected chi connectivity index (χ1v) is 3.86. The van der Waals surface area contributed by atoms with Crippen molar-refractivity contribution in [1.29, 1.82) is 0 Å². The molecule has 1 rings (SSSR count). The maximum absolute atomic E-state index is 3.85. The van der Waals surface area contributed by atoms with E-state index in [0.717, 1.165) is 8.58 Å². The van der Waals surface area contributed by atoms with Crippen LogP contribution in [0.3, 0.4) is 0 Å². The van der Waals surface area contributed by atoms with Crippen LogP contribution >= 0.6 is 8.58 Å². The van der Waals surface area contributed by atoms with E-state index in [9.17, 15) is 0 Å². The van der Waals surface area contributed by atoms with Crippen LogP contribution in [-0.4, -0.2) is 16.6 Å². The monoisotopic (exact) mass is 126 g/mol. The first-order chi connectivity index (χ1) is 3.93. The minimum atomic E-state index is 0.805. The fourth-order valence-corrected chi connectivity index (χ4v) is 0.835. The Morgan fingerprint density at radius 3 is 2.38 bits per heavy atom. The molecule has 0 aliphatic carbocycles. The molecule has 0 aliphatic rings. The molecule has 0 bridgehead atoms. The van der Waals surface area contributed by atoms with Crippen molar-refractivity contribution in [3.8, 4) is 0 Å². The smallest absolute Gasteiger partial charge is 0.115 e. The second-order valence-corrected chi connectivity index (χ2v) is 2.45. The Hall–Kier alpha value is -0.490. The molecule has 1 heterocycles. The third-order valence-corrected chi connectivity index (χ3v) is 1.68. The Balaban J connectivity index is 2.83. The van der Waals surface area contributed by atoms with Gasteiger partial charge < -0.3 is 0 Å². The van der Waals surface area contributed by atoms with E-state index in [1.807, 2.05) is 12.4 Å². The van der Waals surface area contributed by atoms with Gasteiger partial charge in [-0.2, -0.15) is 0 Å². The van der Waals surface area contributed by atoms with E-state index < -0.39 is 0 Å². The lowest BCUT2D eigenvalue weighted by Crippen LogP contribution is -1.94. The SMILES string of the molecule is CPc1cncnc1. The summed E-state index contributed by atoms with van der Waals surface area (Å²) in [4.78, 5) is 7.70. The topological polar surface area (TPSA) is 25.8 Å². The molecule has 0 radical (unpaired) electrons. The first-order valence-electron chi connectivity index (χ1n) is 2.36. The molecule has 3 heteroatoms. The second-order valence-electron chi connectivity index (χ2n) is 1.38. The van der Waals surface area contributed by atoms with Gasteiger partial charge in [-0.15, -0.1) is 0 Å². The summed E-state index contributed by atoms with van der Waals surface area (Å²) in [7, 11) is 0.805. The highest BCUT2D eigenvalue weighted by atomic mass is 31.1. The van der Waals surface area contributed by atoms with Crippen molar-refractivity contribution in [2.45, 2.75) is 0 Å². The molecule has 1 aromatic heterocycles. The van der Waals surface area contributed by atoms with Crippen LogP contribution in [0.5, 0.6) is 0 Å². The molecule has 1 aromatic rings. The molecular formula is C5H7N2P. The maximum Gasteiger partial charge on any atom is 0.115 e. The minimum Gasteiger partial charge on any atom is -0.244 e. The predicted molar refractivity (Wildman–Crippen MR) is 35.9 cm³/mol. The van der Waals surface area contributed by atoms with Crippen LogP contribution in [0, 0.1) is 0 Å². The van der Waals surface area contributed by atoms with Gasteiger partial charge in [-0.1, -0.05) is 8.58 Å². The van der Waals surface area contributed by atoms with Crippen molar-refractivity contribution in [2.75, 3.05) is 6.66 Å². The summed E-state index contributed by atoms with van der Waals surface area (Å²) < 4.78 is 0. The van der Waals surface area contributed by atoms with E-state index in [-0.39, 0.29) is 0 Å². The molecule has 0 aromatic carbocycles. The van der Waals surface area contributed by atoms with Crippen LogP contribution in [0.2, 0.25) is 0 Å². The molecular weight excluding hydrogens is 119 g/mol. The summed E-state index contributed by atoms with van der Waals surface area (Å²) in [5.41, 5.74) is 0. The molecule has 1 atom stereocenters. The van der Waals surface area contributed by atoms with Crippen molar-refractivity contribution in [1.82, 2.24) is 9.97 Å². The van der Waals surface area contributed by atoms with Gasteiger partial charge in [0.25, 0.3) is 0 Å². The number of hydrogen-bond donors (Lipinski definition) is 0. The van der Waals surface area contributed by atoms with Gasteiger partial charge in [-0.3, -0.25) is 0 Å². The molecule has 42 valence electrons. The average molecular weight is 126 g/mol. The third kappa shape index (κ3) is 1.24. The van der Waals surface area contributed by atoms with Gasteiger partial charge in [0.15, 0.2) is 0 Å². The zero-order valence-electron chi connectivity index (χ0n) is 4.63. The lowest BCUT2D eigenvalue weighted by Gasteiger charge is -1.88. The number of hydrogen-bond acceptors (Lipinski definition) is 2. The van der Waals surface area contributed by atoms with Gasteiger partial charge in [0.05, 0.1) is 0 Å². The summed E-state index contributed by atoms with van der Waals surface area (Å²) in [6, 6.07) is 0. The number of rotatable bonds is 1. The lowest BCUT2D eigenvalue weighted by atomic mass is 10.7. The van der Waals surface area contributed by atoms with Crippen molar-refractivity contribution in [3.63, 3.8) is 0 Å². The Labute approximate surface area is 50.2 Å². The van der Waals surface area contributed by atoms with Crippen LogP contribution in [0.1, 0.15) is 0 Å². The van der Waals surface area contributed by atoms with Crippen LogP contribution in [0.4, 0.5) is 0 Å². The van der Waals surface area contributed by atoms with E-state index in [4.69, 9.17) is 0 Å². The highest BCUT2D eigenvalue weighted by molar-refractivity contribution is 7.46. The molecule has 0 spiro atoms. The number of aromatic nitrogens is 2. The molecule has 1 unspecified atom stereocenters.